The lowest BCUT2D eigenvalue weighted by atomic mass is 9.97. The molecule has 31 nitrogen and oxygen atoms in total. The Morgan fingerprint density at radius 3 is 1.68 bits per heavy atom. The summed E-state index contributed by atoms with van der Waals surface area (Å²) in [5, 5.41) is 47.9. The number of likely N-dealkylation sites (tertiary alicyclic amines) is 4. The van der Waals surface area contributed by atoms with Gasteiger partial charge in [-0.05, 0) is 99.3 Å². The number of hydrogen-bond acceptors (Lipinski definition) is 17. The van der Waals surface area contributed by atoms with Crippen LogP contribution in [0.3, 0.4) is 0 Å². The number of carbonyl (C=O) groups excluding carboxylic acids is 12. The van der Waals surface area contributed by atoms with Crippen molar-refractivity contribution in [3.05, 3.63) is 83.9 Å². The van der Waals surface area contributed by atoms with Crippen molar-refractivity contribution in [2.45, 2.75) is 184 Å². The number of amides is 12. The number of carbonyl (C=O) groups is 13. The number of aliphatic hydroxyl groups excluding tert-OH is 1. The molecule has 0 unspecified atom stereocenters. The van der Waals surface area contributed by atoms with Gasteiger partial charge in [-0.25, -0.2) is 9.78 Å². The standard InChI is InChI=1S/C65H91N15O16/c1-5-37(4)54(61(91)72-43(30-40-32-68-35-70-40)55(85)71-44(31-52(67)83)56(86)75-47(34-81)57(87)73-45(27-36(2)3)63(93)80-26-12-18-51(80)65(95)96)76-60(90)49-16-9-23-77(49)53(84)33-69-58(88)48-15-10-25-79(48)64(94)46(29-38-13-7-6-8-14-38)74-59(89)50-17-11-24-78(50)62(92)42(66)28-39-19-21-41(82)22-20-39/h6-8,13-14,19-22,32,35-37,42-51,54,81-82H,5,9-12,15-18,23-31,33-34,66H2,1-4H3,(H2,67,83)(H,68,70)(H,69,88)(H,71,85)(H,72,91)(H,73,87)(H,74,89)(H,75,86)(H,76,90)(H,95,96)/t37-,42-,43-,44-,45-,46-,47-,48-,49-,50-,51-,54-/m0/s1. The van der Waals surface area contributed by atoms with Crippen molar-refractivity contribution in [2.75, 3.05) is 39.3 Å². The van der Waals surface area contributed by atoms with Crippen molar-refractivity contribution in [1.82, 2.24) is 66.8 Å². The smallest absolute Gasteiger partial charge is 0.326 e. The zero-order valence-electron chi connectivity index (χ0n) is 54.5. The molecule has 1 aromatic heterocycles. The van der Waals surface area contributed by atoms with Crippen LogP contribution in [0.4, 0.5) is 0 Å². The van der Waals surface area contributed by atoms with Crippen LogP contribution in [0.25, 0.3) is 0 Å². The number of phenols is 1. The summed E-state index contributed by atoms with van der Waals surface area (Å²) in [6.45, 7) is 6.04. The molecular weight excluding hydrogens is 1250 g/mol. The van der Waals surface area contributed by atoms with Gasteiger partial charge in [0, 0.05) is 45.2 Å². The van der Waals surface area contributed by atoms with E-state index in [1.165, 1.54) is 39.4 Å². The van der Waals surface area contributed by atoms with Gasteiger partial charge in [0.05, 0.1) is 37.6 Å². The van der Waals surface area contributed by atoms with Crippen molar-refractivity contribution < 1.29 is 77.6 Å². The summed E-state index contributed by atoms with van der Waals surface area (Å²) >= 11 is 0. The van der Waals surface area contributed by atoms with E-state index in [4.69, 9.17) is 11.5 Å². The second kappa shape index (κ2) is 34.8. The Labute approximate surface area is 555 Å². The highest BCUT2D eigenvalue weighted by molar-refractivity contribution is 6.00. The van der Waals surface area contributed by atoms with E-state index in [1.807, 2.05) is 0 Å². The third-order valence-corrected chi connectivity index (χ3v) is 18.0. The summed E-state index contributed by atoms with van der Waals surface area (Å²) in [6, 6.07) is 1.19. The second-order valence-corrected chi connectivity index (χ2v) is 25.5. The summed E-state index contributed by atoms with van der Waals surface area (Å²) in [5.41, 5.74) is 13.6. The van der Waals surface area contributed by atoms with Crippen LogP contribution in [0.1, 0.15) is 115 Å². The molecule has 12 atom stereocenters. The molecule has 31 heteroatoms. The van der Waals surface area contributed by atoms with Gasteiger partial charge in [-0.3, -0.25) is 57.5 Å². The van der Waals surface area contributed by atoms with Gasteiger partial charge in [-0.2, -0.15) is 0 Å². The monoisotopic (exact) mass is 1340 g/mol. The van der Waals surface area contributed by atoms with Crippen molar-refractivity contribution in [2.24, 2.45) is 23.3 Å². The molecule has 12 amide bonds. The quantitative estimate of drug-likeness (QED) is 0.0307. The molecule has 2 aromatic carbocycles. The Kier molecular flexibility index (Phi) is 26.8. The number of aliphatic hydroxyl groups is 1. The highest BCUT2D eigenvalue weighted by Gasteiger charge is 2.44. The fourth-order valence-corrected chi connectivity index (χ4v) is 12.7. The molecule has 0 spiro atoms. The topological polar surface area (TPSA) is 460 Å². The molecule has 4 aliphatic rings. The minimum atomic E-state index is -1.81. The maximum Gasteiger partial charge on any atom is 0.326 e. The first-order valence-corrected chi connectivity index (χ1v) is 32.8. The fraction of sp³-hybridized carbons (Fsp3) is 0.569. The molecule has 3 aromatic rings. The van der Waals surface area contributed by atoms with Gasteiger partial charge in [0.1, 0.15) is 66.2 Å². The zero-order chi connectivity index (χ0) is 69.9. The van der Waals surface area contributed by atoms with E-state index in [2.05, 4.69) is 47.2 Å². The van der Waals surface area contributed by atoms with Crippen LogP contribution in [0.5, 0.6) is 5.75 Å². The average molecular weight is 1340 g/mol. The number of hydrogen-bond donors (Lipinski definition) is 13. The van der Waals surface area contributed by atoms with Crippen LogP contribution >= 0.6 is 0 Å². The van der Waals surface area contributed by atoms with Crippen LogP contribution in [0.2, 0.25) is 0 Å². The number of carboxylic acids is 1. The Bertz CT molecular complexity index is 3260. The lowest BCUT2D eigenvalue weighted by Gasteiger charge is -2.31. The normalized spacial score (nSPS) is 20.2. The minimum absolute atomic E-state index is 0.0543. The van der Waals surface area contributed by atoms with Gasteiger partial charge >= 0.3 is 5.97 Å². The summed E-state index contributed by atoms with van der Waals surface area (Å²) in [4.78, 5) is 191. The number of imidazole rings is 1. The van der Waals surface area contributed by atoms with Crippen LogP contribution < -0.4 is 48.7 Å². The number of H-pyrrole nitrogens is 1. The number of aromatic nitrogens is 2. The number of phenolic OH excluding ortho intramolecular Hbond substituents is 1. The van der Waals surface area contributed by atoms with Crippen molar-refractivity contribution in [3.63, 3.8) is 0 Å². The van der Waals surface area contributed by atoms with Crippen LogP contribution in [-0.2, 0) is 81.6 Å². The van der Waals surface area contributed by atoms with Gasteiger partial charge in [0.2, 0.25) is 70.9 Å². The fourth-order valence-electron chi connectivity index (χ4n) is 12.7. The number of rotatable bonds is 32. The molecule has 0 radical (unpaired) electrons. The highest BCUT2D eigenvalue weighted by atomic mass is 16.4. The van der Waals surface area contributed by atoms with Crippen molar-refractivity contribution in [3.8, 4) is 5.75 Å². The van der Waals surface area contributed by atoms with E-state index in [1.54, 1.807) is 70.2 Å². The Morgan fingerprint density at radius 2 is 1.09 bits per heavy atom. The number of aliphatic carboxylic acids is 1. The van der Waals surface area contributed by atoms with E-state index in [-0.39, 0.29) is 88.5 Å². The van der Waals surface area contributed by atoms with E-state index in [0.29, 0.717) is 49.7 Å². The molecule has 522 valence electrons. The van der Waals surface area contributed by atoms with Crippen LogP contribution in [0.15, 0.2) is 67.1 Å². The van der Waals surface area contributed by atoms with E-state index in [9.17, 15) is 77.6 Å². The summed E-state index contributed by atoms with van der Waals surface area (Å²) in [6.07, 6.45) is 4.87. The molecule has 7 rings (SSSR count). The largest absolute Gasteiger partial charge is 0.508 e. The third kappa shape index (κ3) is 19.8. The predicted octanol–water partition coefficient (Wildman–Crippen LogP) is -2.50. The number of aromatic amines is 1. The molecule has 15 N–H and O–H groups in total. The molecule has 4 aliphatic heterocycles. The summed E-state index contributed by atoms with van der Waals surface area (Å²) < 4.78 is 0. The molecule has 0 aliphatic carbocycles. The molecule has 96 heavy (non-hydrogen) atoms. The van der Waals surface area contributed by atoms with E-state index >= 15 is 0 Å². The predicted molar refractivity (Wildman–Crippen MR) is 343 cm³/mol. The third-order valence-electron chi connectivity index (χ3n) is 18.0. The number of nitrogens with one attached hydrogen (secondary N) is 8. The maximum atomic E-state index is 14.6. The minimum Gasteiger partial charge on any atom is -0.508 e. The molecule has 4 saturated heterocycles. The molecule has 5 heterocycles. The van der Waals surface area contributed by atoms with Crippen molar-refractivity contribution in [1.29, 1.82) is 0 Å². The molecule has 4 fully saturated rings. The molecule has 0 bridgehead atoms. The van der Waals surface area contributed by atoms with E-state index in [0.717, 1.165) is 4.90 Å². The van der Waals surface area contributed by atoms with Crippen LogP contribution in [-0.4, -0.2) is 228 Å². The zero-order valence-corrected chi connectivity index (χ0v) is 54.5. The first-order chi connectivity index (χ1) is 45.8. The van der Waals surface area contributed by atoms with Gasteiger partial charge in [0.25, 0.3) is 0 Å². The second-order valence-electron chi connectivity index (χ2n) is 25.5. The number of nitrogens with two attached hydrogens (primary N) is 2. The SMILES string of the molecule is CC[C@H](C)[C@H](NC(=O)[C@@H]1CCCN1C(=O)CNC(=O)[C@@H]1CCCN1C(=O)[C@H](Cc1ccccc1)NC(=O)[C@@H]1CCCN1C(=O)[C@@H](N)Cc1ccc(O)cc1)C(=O)N[C@@H](Cc1c[nH]cn1)C(=O)N[C@@H](CC(N)=O)C(=O)N[C@@H](CO)C(=O)N[C@@H](CC(C)C)C(=O)N1CCC[C@H]1C(=O)O. The number of benzene rings is 2. The number of nitrogens with zero attached hydrogens (tertiary/aromatic N) is 5. The Hall–Kier alpha value is -9.52. The number of carboxylic acid groups (broad SMARTS) is 1. The lowest BCUT2D eigenvalue weighted by molar-refractivity contribution is -0.149. The Balaban J connectivity index is 0.973. The molecule has 0 saturated carbocycles. The first-order valence-electron chi connectivity index (χ1n) is 32.8. The Morgan fingerprint density at radius 1 is 0.583 bits per heavy atom. The van der Waals surface area contributed by atoms with Crippen LogP contribution in [0, 0.1) is 11.8 Å². The van der Waals surface area contributed by atoms with Gasteiger partial charge in [-0.15, -0.1) is 0 Å². The number of aromatic hydroxyl groups is 1. The van der Waals surface area contributed by atoms with Gasteiger partial charge in [-0.1, -0.05) is 76.6 Å². The van der Waals surface area contributed by atoms with Gasteiger partial charge in [0.15, 0.2) is 0 Å². The summed E-state index contributed by atoms with van der Waals surface area (Å²) in [7, 11) is 0. The molecular formula is C65H91N15O16. The highest BCUT2D eigenvalue weighted by Crippen LogP contribution is 2.25. The van der Waals surface area contributed by atoms with Crippen molar-refractivity contribution >= 4 is 76.9 Å². The number of primary amides is 1. The first kappa shape index (κ1) is 73.9. The summed E-state index contributed by atoms with van der Waals surface area (Å²) in [5.74, 6) is -11.3. The average Bonchev–Trinajstić information content (AvgIpc) is 1.62. The lowest BCUT2D eigenvalue weighted by Crippen LogP contribution is -2.61. The van der Waals surface area contributed by atoms with E-state index < -0.39 is 169 Å². The van der Waals surface area contributed by atoms with Gasteiger partial charge < -0.3 is 88.6 Å². The maximum absolute atomic E-state index is 14.6.